The fourth-order valence-corrected chi connectivity index (χ4v) is 2.85. The quantitative estimate of drug-likeness (QED) is 0.892. The minimum absolute atomic E-state index is 0.0433. The lowest BCUT2D eigenvalue weighted by atomic mass is 9.93. The Labute approximate surface area is 123 Å². The van der Waals surface area contributed by atoms with E-state index in [1.165, 1.54) is 12.6 Å². The molecule has 6 heteroatoms. The largest absolute Gasteiger partial charge is 0.395 e. The van der Waals surface area contributed by atoms with E-state index in [4.69, 9.17) is 17.3 Å². The summed E-state index contributed by atoms with van der Waals surface area (Å²) >= 11 is 5.92. The van der Waals surface area contributed by atoms with Gasteiger partial charge in [-0.25, -0.2) is 4.98 Å². The lowest BCUT2D eigenvalue weighted by Crippen LogP contribution is -2.43. The molecule has 1 heterocycles. The number of nitrogen functional groups attached to an aromatic ring is 1. The molecule has 0 bridgehead atoms. The topological polar surface area (TPSA) is 79.5 Å². The van der Waals surface area contributed by atoms with E-state index in [1.807, 2.05) is 0 Å². The van der Waals surface area contributed by atoms with Crippen molar-refractivity contribution in [1.82, 2.24) is 9.88 Å². The maximum Gasteiger partial charge on any atom is 0.255 e. The Bertz CT molecular complexity index is 475. The molecule has 2 rings (SSSR count). The molecule has 0 unspecified atom stereocenters. The van der Waals surface area contributed by atoms with Crippen molar-refractivity contribution >= 4 is 23.3 Å². The van der Waals surface area contributed by atoms with Gasteiger partial charge in [-0.2, -0.15) is 0 Å². The van der Waals surface area contributed by atoms with Gasteiger partial charge < -0.3 is 15.7 Å². The predicted molar refractivity (Wildman–Crippen MR) is 78.7 cm³/mol. The number of aromatic nitrogens is 1. The molecule has 0 spiro atoms. The summed E-state index contributed by atoms with van der Waals surface area (Å²) in [6.07, 6.45) is 6.88. The number of aliphatic hydroxyl groups is 1. The maximum absolute atomic E-state index is 12.6. The van der Waals surface area contributed by atoms with Gasteiger partial charge in [0, 0.05) is 18.8 Å². The monoisotopic (exact) mass is 297 g/mol. The summed E-state index contributed by atoms with van der Waals surface area (Å²) in [5.74, 6) is 0.0786. The minimum atomic E-state index is -0.139. The van der Waals surface area contributed by atoms with Crippen LogP contribution in [0.25, 0.3) is 0 Å². The first-order valence-corrected chi connectivity index (χ1v) is 7.34. The van der Waals surface area contributed by atoms with Crippen molar-refractivity contribution in [3.63, 3.8) is 0 Å². The van der Waals surface area contributed by atoms with Gasteiger partial charge in [-0.05, 0) is 18.9 Å². The van der Waals surface area contributed by atoms with E-state index in [-0.39, 0.29) is 29.4 Å². The van der Waals surface area contributed by atoms with Gasteiger partial charge in [0.25, 0.3) is 5.91 Å². The van der Waals surface area contributed by atoms with Crippen LogP contribution in [0.5, 0.6) is 0 Å². The first kappa shape index (κ1) is 15.1. The van der Waals surface area contributed by atoms with Crippen LogP contribution in [-0.4, -0.2) is 40.1 Å². The van der Waals surface area contributed by atoms with Crippen LogP contribution < -0.4 is 5.73 Å². The van der Waals surface area contributed by atoms with Crippen LogP contribution in [0.4, 0.5) is 5.82 Å². The SMILES string of the molecule is Nc1ncc(C(=O)N(CCO)C2CCCCC2)cc1Cl. The molecule has 1 saturated carbocycles. The molecular formula is C14H20ClN3O2. The highest BCUT2D eigenvalue weighted by Crippen LogP contribution is 2.25. The number of aliphatic hydroxyl groups excluding tert-OH is 1. The second-order valence-electron chi connectivity index (χ2n) is 5.11. The van der Waals surface area contributed by atoms with Gasteiger partial charge in [-0.15, -0.1) is 0 Å². The summed E-state index contributed by atoms with van der Waals surface area (Å²) in [5.41, 5.74) is 5.98. The summed E-state index contributed by atoms with van der Waals surface area (Å²) < 4.78 is 0. The van der Waals surface area contributed by atoms with Crippen LogP contribution in [0.3, 0.4) is 0 Å². The number of carbonyl (C=O) groups is 1. The molecule has 1 fully saturated rings. The van der Waals surface area contributed by atoms with Crippen LogP contribution in [0.1, 0.15) is 42.5 Å². The highest BCUT2D eigenvalue weighted by molar-refractivity contribution is 6.33. The molecule has 1 aliphatic carbocycles. The van der Waals surface area contributed by atoms with E-state index in [9.17, 15) is 9.90 Å². The van der Waals surface area contributed by atoms with Gasteiger partial charge in [0.1, 0.15) is 5.82 Å². The van der Waals surface area contributed by atoms with Crippen molar-refractivity contribution in [2.45, 2.75) is 38.1 Å². The molecule has 0 saturated heterocycles. The predicted octanol–water partition coefficient (Wildman–Crippen LogP) is 2.08. The van der Waals surface area contributed by atoms with Crippen molar-refractivity contribution in [3.05, 3.63) is 22.8 Å². The zero-order valence-corrected chi connectivity index (χ0v) is 12.1. The van der Waals surface area contributed by atoms with Crippen LogP contribution >= 0.6 is 11.6 Å². The number of carbonyl (C=O) groups excluding carboxylic acids is 1. The highest BCUT2D eigenvalue weighted by Gasteiger charge is 2.26. The van der Waals surface area contributed by atoms with Gasteiger partial charge in [-0.1, -0.05) is 30.9 Å². The summed E-state index contributed by atoms with van der Waals surface area (Å²) in [5, 5.41) is 9.49. The van der Waals surface area contributed by atoms with Crippen LogP contribution in [0.15, 0.2) is 12.3 Å². The average Bonchev–Trinajstić information content (AvgIpc) is 2.48. The molecule has 0 aromatic carbocycles. The fraction of sp³-hybridized carbons (Fsp3) is 0.571. The standard InChI is InChI=1S/C14H20ClN3O2/c15-12-8-10(9-17-13(12)16)14(20)18(6-7-19)11-4-2-1-3-5-11/h8-9,11,19H,1-7H2,(H2,16,17). The Balaban J connectivity index is 2.18. The molecule has 0 radical (unpaired) electrons. The van der Waals surface area contributed by atoms with Crippen molar-refractivity contribution in [3.8, 4) is 0 Å². The Kier molecular flexibility index (Phi) is 5.20. The fourth-order valence-electron chi connectivity index (χ4n) is 2.68. The number of hydrogen-bond donors (Lipinski definition) is 2. The van der Waals surface area contributed by atoms with Crippen molar-refractivity contribution in [1.29, 1.82) is 0 Å². The van der Waals surface area contributed by atoms with E-state index in [2.05, 4.69) is 4.98 Å². The molecule has 3 N–H and O–H groups in total. The first-order chi connectivity index (χ1) is 9.63. The molecule has 5 nitrogen and oxygen atoms in total. The Morgan fingerprint density at radius 2 is 2.15 bits per heavy atom. The van der Waals surface area contributed by atoms with E-state index in [0.29, 0.717) is 12.1 Å². The number of hydrogen-bond acceptors (Lipinski definition) is 4. The second kappa shape index (κ2) is 6.90. The minimum Gasteiger partial charge on any atom is -0.395 e. The number of nitrogens with zero attached hydrogens (tertiary/aromatic N) is 2. The van der Waals surface area contributed by atoms with Gasteiger partial charge in [0.05, 0.1) is 17.2 Å². The number of anilines is 1. The summed E-state index contributed by atoms with van der Waals surface area (Å²) in [7, 11) is 0. The van der Waals surface area contributed by atoms with Gasteiger partial charge in [-0.3, -0.25) is 4.79 Å². The van der Waals surface area contributed by atoms with Crippen LogP contribution in [-0.2, 0) is 0 Å². The van der Waals surface area contributed by atoms with E-state index >= 15 is 0 Å². The van der Waals surface area contributed by atoms with E-state index < -0.39 is 0 Å². The van der Waals surface area contributed by atoms with E-state index in [1.54, 1.807) is 11.0 Å². The van der Waals surface area contributed by atoms with Crippen LogP contribution in [0.2, 0.25) is 5.02 Å². The number of amides is 1. The molecule has 110 valence electrons. The Morgan fingerprint density at radius 1 is 1.45 bits per heavy atom. The molecule has 0 aliphatic heterocycles. The number of nitrogens with two attached hydrogens (primary N) is 1. The lowest BCUT2D eigenvalue weighted by molar-refractivity contribution is 0.0585. The zero-order chi connectivity index (χ0) is 14.5. The summed E-state index contributed by atoms with van der Waals surface area (Å²) in [6.45, 7) is 0.296. The van der Waals surface area contributed by atoms with Gasteiger partial charge in [0.15, 0.2) is 0 Å². The first-order valence-electron chi connectivity index (χ1n) is 6.96. The Morgan fingerprint density at radius 3 is 2.75 bits per heavy atom. The van der Waals surface area contributed by atoms with E-state index in [0.717, 1.165) is 25.7 Å². The van der Waals surface area contributed by atoms with Gasteiger partial charge in [0.2, 0.25) is 0 Å². The Hall–Kier alpha value is -1.33. The summed E-state index contributed by atoms with van der Waals surface area (Å²) in [4.78, 5) is 18.2. The molecule has 1 aromatic rings. The van der Waals surface area contributed by atoms with Gasteiger partial charge >= 0.3 is 0 Å². The molecule has 0 atom stereocenters. The molecule has 1 aromatic heterocycles. The normalized spacial score (nSPS) is 16.1. The molecule has 1 aliphatic rings. The third kappa shape index (κ3) is 3.41. The summed E-state index contributed by atoms with van der Waals surface area (Å²) in [6, 6.07) is 1.74. The molecular weight excluding hydrogens is 278 g/mol. The maximum atomic E-state index is 12.6. The smallest absolute Gasteiger partial charge is 0.255 e. The number of rotatable bonds is 4. The van der Waals surface area contributed by atoms with Crippen molar-refractivity contribution in [2.75, 3.05) is 18.9 Å². The number of halogens is 1. The third-order valence-electron chi connectivity index (χ3n) is 3.73. The lowest BCUT2D eigenvalue weighted by Gasteiger charge is -2.34. The highest BCUT2D eigenvalue weighted by atomic mass is 35.5. The van der Waals surface area contributed by atoms with Crippen molar-refractivity contribution in [2.24, 2.45) is 0 Å². The average molecular weight is 298 g/mol. The van der Waals surface area contributed by atoms with Crippen molar-refractivity contribution < 1.29 is 9.90 Å². The third-order valence-corrected chi connectivity index (χ3v) is 4.04. The van der Waals surface area contributed by atoms with Crippen LogP contribution in [0, 0.1) is 0 Å². The molecule has 20 heavy (non-hydrogen) atoms. The molecule has 1 amide bonds. The number of pyridine rings is 1. The second-order valence-corrected chi connectivity index (χ2v) is 5.51. The zero-order valence-electron chi connectivity index (χ0n) is 11.4.